The minimum atomic E-state index is -3.65. The van der Waals surface area contributed by atoms with Crippen LogP contribution in [0.4, 0.5) is 0 Å². The van der Waals surface area contributed by atoms with Crippen molar-refractivity contribution in [3.63, 3.8) is 0 Å². The number of benzene rings is 3. The highest BCUT2D eigenvalue weighted by Crippen LogP contribution is 2.64. The summed E-state index contributed by atoms with van der Waals surface area (Å²) < 4.78 is 208. The normalized spacial score (nSPS) is 11.4. The van der Waals surface area contributed by atoms with Gasteiger partial charge in [-0.05, 0) is 127 Å². The smallest absolute Gasteiger partial charge is 0.647 e. The van der Waals surface area contributed by atoms with Crippen LogP contribution in [0.1, 0.15) is 5.56 Å². The van der Waals surface area contributed by atoms with Gasteiger partial charge in [0.25, 0.3) is 0 Å². The first kappa shape index (κ1) is 123. The standard InChI is InChI=1S/C9H13O3PS.C8H10ClO3PS.C8H11O3PS.C5H10NO4P.C5H10NO3PS.C4H12NO3P.C3H9O4P.C2H6BO3P.C2H7O4P.C2H7O3PS.C2H6O3P/c1-8-4-6-9(7-5-8)14-13(10,11-2)12-3;1-11-13(10,12-2)14-8-5-3-7(9)4-6-8;1-10-12(9,11-2)13-8-6-4-3-5-7-8;1-6-4-5-10-11(7,8-2)9-3;1-6-4-5-11-10(7,8-2)9-3;1-5(2)9(6,7-3)8-4;1-5-8(4,6-2)7-3;2*1-5-7(3,4)6-2;1-4-6(3,7)5-2;1-4-6(3)5-2/h4-7H,1-3H3;3-6H,1-2H3;3-7H,1-2H3;2*4-5H2,2-3H3;1-4H3;1-3H3;1-2H3;1-2H3,(H,3,4);1-2H3,(H,3,7);1-2H3/q;;;;;;;;;;+1. The molecule has 0 saturated carbocycles. The van der Waals surface area contributed by atoms with Gasteiger partial charge in [0.2, 0.25) is 13.1 Å². The second-order valence-corrected chi connectivity index (χ2v) is 47.6. The molecule has 0 bridgehead atoms. The first-order valence-corrected chi connectivity index (χ1v) is 51.4. The van der Waals surface area contributed by atoms with E-state index in [0.717, 1.165) is 74.4 Å². The summed E-state index contributed by atoms with van der Waals surface area (Å²) >= 11 is 14.4. The predicted molar refractivity (Wildman–Crippen MR) is 423 cm³/mol. The van der Waals surface area contributed by atoms with Crippen molar-refractivity contribution in [2.45, 2.75) is 21.6 Å². The molecule has 0 unspecified atom stereocenters. The van der Waals surface area contributed by atoms with Gasteiger partial charge in [-0.3, -0.25) is 45.2 Å². The van der Waals surface area contributed by atoms with Crippen LogP contribution < -0.4 is 4.89 Å². The van der Waals surface area contributed by atoms with Gasteiger partial charge in [-0.25, -0.2) is 63.4 Å². The number of nitrogens with zero attached hydrogens (tertiary/aromatic N) is 3. The Hall–Kier alpha value is 0.295. The zero-order valence-electron chi connectivity index (χ0n) is 63.9. The first-order chi connectivity index (χ1) is 49.7. The molecule has 626 valence electrons. The van der Waals surface area contributed by atoms with Crippen LogP contribution in [0, 0.1) is 20.1 Å². The maximum atomic E-state index is 11.7. The van der Waals surface area contributed by atoms with Crippen LogP contribution in [-0.4, -0.2) is 225 Å². The number of hydrogen-bond donors (Lipinski definition) is 2. The van der Waals surface area contributed by atoms with Crippen LogP contribution in [0.2, 0.25) is 5.02 Å². The third-order valence-corrected chi connectivity index (χ3v) is 34.3. The lowest BCUT2D eigenvalue weighted by atomic mass is 10.2. The highest BCUT2D eigenvalue weighted by molar-refractivity contribution is 8.56. The molecule has 3 rings (SSSR count). The van der Waals surface area contributed by atoms with Crippen molar-refractivity contribution in [1.82, 2.24) is 4.67 Å². The molecule has 0 aliphatic rings. The molecule has 2 N–H and O–H groups in total. The molecule has 0 spiro atoms. The Morgan fingerprint density at radius 3 is 1.00 bits per heavy atom. The van der Waals surface area contributed by atoms with E-state index < -0.39 is 81.2 Å². The molecule has 0 atom stereocenters. The van der Waals surface area contributed by atoms with E-state index in [0.29, 0.717) is 17.3 Å². The number of halogens is 1. The van der Waals surface area contributed by atoms with E-state index in [1.807, 2.05) is 61.5 Å². The summed E-state index contributed by atoms with van der Waals surface area (Å²) in [7, 11) is 19.7. The summed E-state index contributed by atoms with van der Waals surface area (Å²) in [6, 6.07) is 24.0. The maximum absolute atomic E-state index is 11.7. The van der Waals surface area contributed by atoms with Crippen LogP contribution in [0.3, 0.4) is 0 Å². The fourth-order valence-corrected chi connectivity index (χ4v) is 16.3. The van der Waals surface area contributed by atoms with Crippen molar-refractivity contribution in [2.24, 2.45) is 0 Å². The molecule has 0 aromatic heterocycles. The molecular formula is C50H101BClN3O36P11S5+. The van der Waals surface area contributed by atoms with Crippen LogP contribution in [-0.2, 0) is 161 Å². The van der Waals surface area contributed by atoms with Gasteiger partial charge in [0, 0.05) is 159 Å². The van der Waals surface area contributed by atoms with Crippen LogP contribution >= 0.6 is 138 Å². The lowest BCUT2D eigenvalue weighted by Crippen LogP contribution is -2.11. The van der Waals surface area contributed by atoms with Gasteiger partial charge >= 0.3 is 80.9 Å². The number of phosphoric acid groups is 3. The van der Waals surface area contributed by atoms with Crippen molar-refractivity contribution in [1.29, 1.82) is 0 Å². The van der Waals surface area contributed by atoms with Crippen molar-refractivity contribution in [2.75, 3.05) is 203 Å². The third kappa shape index (κ3) is 70.2. The Bertz CT molecular complexity index is 3050. The van der Waals surface area contributed by atoms with Gasteiger partial charge in [-0.15, -0.1) is 9.05 Å². The Morgan fingerprint density at radius 1 is 0.486 bits per heavy atom. The molecule has 39 nitrogen and oxygen atoms in total. The summed E-state index contributed by atoms with van der Waals surface area (Å²) in [6.07, 6.45) is 0. The van der Waals surface area contributed by atoms with Crippen molar-refractivity contribution >= 4 is 158 Å². The van der Waals surface area contributed by atoms with E-state index in [1.54, 1.807) is 38.4 Å². The Balaban J connectivity index is -0.000000170. The minimum Gasteiger partial charge on any atom is -0.647 e. The van der Waals surface area contributed by atoms with Gasteiger partial charge in [0.05, 0.1) is 34.2 Å². The molecule has 3 aromatic rings. The average Bonchev–Trinajstić information content (AvgIpc) is 0.882. The van der Waals surface area contributed by atoms with Gasteiger partial charge in [-0.1, -0.05) is 47.5 Å². The number of rotatable bonds is 36. The topological polar surface area (TPSA) is 451 Å². The molecule has 0 saturated heterocycles. The lowest BCUT2D eigenvalue weighted by Gasteiger charge is -2.19. The largest absolute Gasteiger partial charge is 0.696 e. The molecule has 0 aliphatic carbocycles. The van der Waals surface area contributed by atoms with Gasteiger partial charge in [-0.2, -0.15) is 0 Å². The Labute approximate surface area is 659 Å². The summed E-state index contributed by atoms with van der Waals surface area (Å²) in [5.41, 5.74) is 1.17. The quantitative estimate of drug-likeness (QED) is 0.0236. The van der Waals surface area contributed by atoms with E-state index in [4.69, 9.17) is 69.2 Å². The average molecular weight is 1870 g/mol. The van der Waals surface area contributed by atoms with E-state index in [9.17, 15) is 46.0 Å². The molecule has 107 heavy (non-hydrogen) atoms. The molecular weight excluding hydrogens is 1770 g/mol. The number of phosphoric ester groups is 3. The summed E-state index contributed by atoms with van der Waals surface area (Å²) in [5.74, 6) is 0.475. The van der Waals surface area contributed by atoms with E-state index in [1.165, 1.54) is 160 Å². The fourth-order valence-electron chi connectivity index (χ4n) is 4.09. The Kier molecular flexibility index (Phi) is 82.3. The SMILES string of the molecule is COP(=O)(O)OC.COP(=O)(OC)N(C)C.COP(=O)(OC)OC.COP(=O)(OC)Sc1ccc(C)cc1.COP(=O)(OC)Sc1ccc(Cl)cc1.COP(=O)(OC)Sc1ccccc1.COP(O)(=S)OC.CO[P+](=O)OC.[B][P+]([O-])(OC)OC.[C-]#[N+]CCOP(=O)(OC)OC.[C-]#[N+]CCSP(=O)(OC)OC. The third-order valence-electron chi connectivity index (χ3n) is 9.72. The fraction of sp³-hybridized carbons (Fsp3) is 0.600. The second kappa shape index (κ2) is 71.6. The lowest BCUT2D eigenvalue weighted by molar-refractivity contribution is -0.205. The zero-order chi connectivity index (χ0) is 85.3. The van der Waals surface area contributed by atoms with Gasteiger partial charge < -0.3 is 69.6 Å². The first-order valence-electron chi connectivity index (χ1n) is 27.8. The number of hydrogen-bond acceptors (Lipinski definition) is 39. The molecule has 0 amide bonds. The van der Waals surface area contributed by atoms with E-state index >= 15 is 0 Å². The van der Waals surface area contributed by atoms with Crippen molar-refractivity contribution in [3.8, 4) is 0 Å². The molecule has 2 radical (unpaired) electrons. The minimum absolute atomic E-state index is 0.0580. The highest BCUT2D eigenvalue weighted by Gasteiger charge is 2.27. The summed E-state index contributed by atoms with van der Waals surface area (Å²) in [4.78, 5) is 35.8. The molecule has 57 heteroatoms. The van der Waals surface area contributed by atoms with Gasteiger partial charge in [0.1, 0.15) is 6.61 Å². The van der Waals surface area contributed by atoms with Gasteiger partial charge in [0.15, 0.2) is 7.82 Å². The van der Waals surface area contributed by atoms with Crippen LogP contribution in [0.5, 0.6) is 0 Å². The number of aryl methyl sites for hydroxylation is 1. The van der Waals surface area contributed by atoms with E-state index in [-0.39, 0.29) is 13.2 Å². The molecule has 3 aromatic carbocycles. The predicted octanol–water partition coefficient (Wildman–Crippen LogP) is 17.1. The van der Waals surface area contributed by atoms with Crippen LogP contribution in [0.25, 0.3) is 9.69 Å². The molecule has 0 fully saturated rings. The monoisotopic (exact) mass is 1870 g/mol. The summed E-state index contributed by atoms with van der Waals surface area (Å²) in [5, 5.41) is 0.638. The van der Waals surface area contributed by atoms with Crippen molar-refractivity contribution in [3.05, 3.63) is 112 Å². The maximum Gasteiger partial charge on any atom is 0.696 e. The molecule has 0 aliphatic heterocycles. The molecule has 0 heterocycles. The van der Waals surface area contributed by atoms with E-state index in [2.05, 4.69) is 103 Å². The zero-order valence-corrected chi connectivity index (χ0v) is 78.5. The summed E-state index contributed by atoms with van der Waals surface area (Å²) in [6.45, 7) is 0.615. The second-order valence-electron chi connectivity index (χ2n) is 16.2. The van der Waals surface area contributed by atoms with Crippen LogP contribution in [0.15, 0.2) is 93.5 Å². The Morgan fingerprint density at radius 2 is 0.804 bits per heavy atom. The van der Waals surface area contributed by atoms with Crippen molar-refractivity contribution < 1.29 is 164 Å². The highest BCUT2D eigenvalue weighted by atomic mass is 35.5.